The lowest BCUT2D eigenvalue weighted by molar-refractivity contribution is 0.214. The van der Waals surface area contributed by atoms with Gasteiger partial charge in [0, 0.05) is 22.5 Å². The summed E-state index contributed by atoms with van der Waals surface area (Å²) in [5.74, 6) is 1.48. The predicted octanol–water partition coefficient (Wildman–Crippen LogP) is 5.85. The lowest BCUT2D eigenvalue weighted by Gasteiger charge is -2.24. The van der Waals surface area contributed by atoms with Crippen LogP contribution >= 0.6 is 27.7 Å². The number of urea groups is 1. The van der Waals surface area contributed by atoms with Gasteiger partial charge in [-0.05, 0) is 41.3 Å². The molecule has 1 heterocycles. The van der Waals surface area contributed by atoms with Crippen LogP contribution in [0.15, 0.2) is 53.0 Å². The van der Waals surface area contributed by atoms with Gasteiger partial charge in [0.1, 0.15) is 5.37 Å². The number of rotatable bonds is 3. The third-order valence-electron chi connectivity index (χ3n) is 4.14. The van der Waals surface area contributed by atoms with Crippen molar-refractivity contribution in [1.29, 1.82) is 0 Å². The number of thioether (sulfide) groups is 1. The zero-order valence-corrected chi connectivity index (χ0v) is 16.2. The first kappa shape index (κ1) is 17.4. The van der Waals surface area contributed by atoms with E-state index >= 15 is 0 Å². The average Bonchev–Trinajstić information content (AvgIpc) is 3.07. The molecule has 3 rings (SSSR count). The van der Waals surface area contributed by atoms with Crippen LogP contribution in [0.5, 0.6) is 0 Å². The minimum absolute atomic E-state index is 0.0414. The molecule has 24 heavy (non-hydrogen) atoms. The van der Waals surface area contributed by atoms with E-state index in [4.69, 9.17) is 0 Å². The fourth-order valence-corrected chi connectivity index (χ4v) is 4.25. The maximum Gasteiger partial charge on any atom is 0.323 e. The highest BCUT2D eigenvalue weighted by atomic mass is 79.9. The summed E-state index contributed by atoms with van der Waals surface area (Å²) in [7, 11) is 0. The smallest absolute Gasteiger partial charge is 0.308 e. The van der Waals surface area contributed by atoms with Gasteiger partial charge in [0.05, 0.1) is 0 Å². The summed E-state index contributed by atoms with van der Waals surface area (Å²) in [4.78, 5) is 14.6. The van der Waals surface area contributed by atoms with Crippen LogP contribution in [-0.2, 0) is 0 Å². The Morgan fingerprint density at radius 3 is 2.46 bits per heavy atom. The van der Waals surface area contributed by atoms with E-state index in [-0.39, 0.29) is 11.4 Å². The van der Waals surface area contributed by atoms with Crippen LogP contribution in [0.3, 0.4) is 0 Å². The summed E-state index contributed by atoms with van der Waals surface area (Å²) in [6.45, 7) is 5.15. The first-order valence-corrected chi connectivity index (χ1v) is 9.93. The molecule has 1 fully saturated rings. The number of anilines is 1. The highest BCUT2D eigenvalue weighted by molar-refractivity contribution is 9.10. The van der Waals surface area contributed by atoms with Crippen molar-refractivity contribution >= 4 is 39.4 Å². The van der Waals surface area contributed by atoms with Crippen LogP contribution in [-0.4, -0.2) is 23.2 Å². The molecule has 0 bridgehead atoms. The van der Waals surface area contributed by atoms with E-state index in [9.17, 15) is 4.79 Å². The highest BCUT2D eigenvalue weighted by Crippen LogP contribution is 2.38. The first-order valence-electron chi connectivity index (χ1n) is 8.09. The Kier molecular flexibility index (Phi) is 5.51. The summed E-state index contributed by atoms with van der Waals surface area (Å²) in [5, 5.41) is 3.08. The molecule has 2 aromatic carbocycles. The molecule has 1 atom stereocenters. The van der Waals surface area contributed by atoms with Crippen LogP contribution in [0.1, 0.15) is 36.3 Å². The SMILES string of the molecule is CC(C)c1ccc([C@@H]2SCCN2C(=O)Nc2ccc(Br)cc2)cc1. The van der Waals surface area contributed by atoms with Crippen LogP contribution < -0.4 is 5.32 Å². The van der Waals surface area contributed by atoms with Crippen molar-refractivity contribution in [2.45, 2.75) is 25.1 Å². The van der Waals surface area contributed by atoms with Gasteiger partial charge in [0.2, 0.25) is 0 Å². The van der Waals surface area contributed by atoms with Gasteiger partial charge in [-0.25, -0.2) is 4.79 Å². The van der Waals surface area contributed by atoms with E-state index in [1.165, 1.54) is 11.1 Å². The van der Waals surface area contributed by atoms with Gasteiger partial charge in [-0.3, -0.25) is 0 Å². The van der Waals surface area contributed by atoms with Crippen molar-refractivity contribution in [2.24, 2.45) is 0 Å². The normalized spacial score (nSPS) is 17.3. The van der Waals surface area contributed by atoms with E-state index in [1.54, 1.807) is 0 Å². The van der Waals surface area contributed by atoms with Gasteiger partial charge in [-0.2, -0.15) is 0 Å². The Bertz CT molecular complexity index is 700. The summed E-state index contributed by atoms with van der Waals surface area (Å²) in [6, 6.07) is 16.3. The number of benzene rings is 2. The Labute approximate surface area is 155 Å². The lowest BCUT2D eigenvalue weighted by Crippen LogP contribution is -2.34. The summed E-state index contributed by atoms with van der Waals surface area (Å²) < 4.78 is 1.00. The molecule has 126 valence electrons. The average molecular weight is 405 g/mol. The molecule has 2 amide bonds. The Hall–Kier alpha value is -1.46. The van der Waals surface area contributed by atoms with Gasteiger partial charge in [0.25, 0.3) is 0 Å². The van der Waals surface area contributed by atoms with Crippen LogP contribution in [0, 0.1) is 0 Å². The van der Waals surface area contributed by atoms with Crippen molar-refractivity contribution in [3.05, 3.63) is 64.1 Å². The second-order valence-corrected chi connectivity index (χ2v) is 8.28. The summed E-state index contributed by atoms with van der Waals surface area (Å²) in [5.41, 5.74) is 3.33. The number of nitrogens with zero attached hydrogens (tertiary/aromatic N) is 1. The quantitative estimate of drug-likeness (QED) is 0.695. The number of nitrogens with one attached hydrogen (secondary N) is 1. The van der Waals surface area contributed by atoms with E-state index in [0.29, 0.717) is 5.92 Å². The largest absolute Gasteiger partial charge is 0.323 e. The monoisotopic (exact) mass is 404 g/mol. The second kappa shape index (κ2) is 7.62. The van der Waals surface area contributed by atoms with Gasteiger partial charge in [0.15, 0.2) is 0 Å². The molecule has 1 aliphatic heterocycles. The summed E-state index contributed by atoms with van der Waals surface area (Å²) in [6.07, 6.45) is 0. The number of carbonyl (C=O) groups is 1. The van der Waals surface area contributed by atoms with Gasteiger partial charge in [-0.15, -0.1) is 11.8 Å². The van der Waals surface area contributed by atoms with Crippen LogP contribution in [0.25, 0.3) is 0 Å². The van der Waals surface area contributed by atoms with Gasteiger partial charge >= 0.3 is 6.03 Å². The third-order valence-corrected chi connectivity index (χ3v) is 5.92. The topological polar surface area (TPSA) is 32.3 Å². The van der Waals surface area contributed by atoms with Crippen molar-refractivity contribution < 1.29 is 4.79 Å². The molecule has 0 aliphatic carbocycles. The Morgan fingerprint density at radius 1 is 1.17 bits per heavy atom. The Balaban J connectivity index is 1.72. The van der Waals surface area contributed by atoms with Gasteiger partial charge < -0.3 is 10.2 Å². The molecule has 5 heteroatoms. The van der Waals surface area contributed by atoms with Crippen molar-refractivity contribution in [1.82, 2.24) is 4.90 Å². The van der Waals surface area contributed by atoms with E-state index in [2.05, 4.69) is 59.4 Å². The molecule has 2 aromatic rings. The highest BCUT2D eigenvalue weighted by Gasteiger charge is 2.30. The zero-order valence-electron chi connectivity index (χ0n) is 13.8. The molecule has 0 spiro atoms. The number of hydrogen-bond acceptors (Lipinski definition) is 2. The molecule has 0 radical (unpaired) electrons. The van der Waals surface area contributed by atoms with Crippen LogP contribution in [0.4, 0.5) is 10.5 Å². The van der Waals surface area contributed by atoms with E-state index < -0.39 is 0 Å². The van der Waals surface area contributed by atoms with Crippen molar-refractivity contribution in [3.8, 4) is 0 Å². The molecule has 1 N–H and O–H groups in total. The fourth-order valence-electron chi connectivity index (χ4n) is 2.73. The number of halogens is 1. The number of amides is 2. The maximum atomic E-state index is 12.6. The van der Waals surface area contributed by atoms with E-state index in [1.807, 2.05) is 40.9 Å². The molecular weight excluding hydrogens is 384 g/mol. The van der Waals surface area contributed by atoms with E-state index in [0.717, 1.165) is 22.5 Å². The Morgan fingerprint density at radius 2 is 1.83 bits per heavy atom. The molecule has 0 saturated carbocycles. The van der Waals surface area contributed by atoms with Crippen molar-refractivity contribution in [2.75, 3.05) is 17.6 Å². The molecular formula is C19H21BrN2OS. The van der Waals surface area contributed by atoms with Gasteiger partial charge in [-0.1, -0.05) is 54.0 Å². The molecule has 0 unspecified atom stereocenters. The van der Waals surface area contributed by atoms with Crippen LogP contribution in [0.2, 0.25) is 0 Å². The standard InChI is InChI=1S/C19H21BrN2OS/c1-13(2)14-3-5-15(6-4-14)18-22(11-12-24-18)19(23)21-17-9-7-16(20)8-10-17/h3-10,13,18H,11-12H2,1-2H3,(H,21,23)/t18-/m0/s1. The number of carbonyl (C=O) groups excluding carboxylic acids is 1. The fraction of sp³-hybridized carbons (Fsp3) is 0.316. The minimum Gasteiger partial charge on any atom is -0.308 e. The molecule has 1 saturated heterocycles. The van der Waals surface area contributed by atoms with Crippen molar-refractivity contribution in [3.63, 3.8) is 0 Å². The molecule has 3 nitrogen and oxygen atoms in total. The maximum absolute atomic E-state index is 12.6. The molecule has 0 aromatic heterocycles. The zero-order chi connectivity index (χ0) is 17.1. The second-order valence-electron chi connectivity index (χ2n) is 6.17. The predicted molar refractivity (Wildman–Crippen MR) is 106 cm³/mol. The lowest BCUT2D eigenvalue weighted by atomic mass is 10.0. The minimum atomic E-state index is -0.0414. The third kappa shape index (κ3) is 3.95. The first-order chi connectivity index (χ1) is 11.5. The molecule has 1 aliphatic rings. The summed E-state index contributed by atoms with van der Waals surface area (Å²) >= 11 is 5.22. The number of hydrogen-bond donors (Lipinski definition) is 1.